The van der Waals surface area contributed by atoms with E-state index < -0.39 is 0 Å². The van der Waals surface area contributed by atoms with E-state index in [2.05, 4.69) is 36.2 Å². The molecule has 4 nitrogen and oxygen atoms in total. The standard InChI is InChI=1S/C22H30N2O2/c1-17(2)19(18-9-4-3-5-10-18)15-22(25)23-16-20(21-11-8-14-26-21)24-12-6-7-13-24/h3-5,8-11,14,17,19-20H,6-7,12-13,15-16H2,1-2H3,(H,23,25). The number of nitrogens with zero attached hydrogens (tertiary/aromatic N) is 1. The molecular weight excluding hydrogens is 324 g/mol. The SMILES string of the molecule is CC(C)C(CC(=O)NCC(c1ccco1)N1CCCC1)c1ccccc1. The summed E-state index contributed by atoms with van der Waals surface area (Å²) in [4.78, 5) is 15.1. The summed E-state index contributed by atoms with van der Waals surface area (Å²) in [6, 6.07) is 14.4. The molecule has 1 aromatic carbocycles. The molecule has 4 heteroatoms. The van der Waals surface area contributed by atoms with Crippen molar-refractivity contribution >= 4 is 5.91 Å². The van der Waals surface area contributed by atoms with Gasteiger partial charge in [0.2, 0.25) is 5.91 Å². The van der Waals surface area contributed by atoms with Gasteiger partial charge in [0.05, 0.1) is 12.3 Å². The minimum Gasteiger partial charge on any atom is -0.468 e. The Morgan fingerprint density at radius 2 is 1.85 bits per heavy atom. The largest absolute Gasteiger partial charge is 0.468 e. The monoisotopic (exact) mass is 354 g/mol. The molecule has 1 fully saturated rings. The van der Waals surface area contributed by atoms with Gasteiger partial charge in [-0.3, -0.25) is 9.69 Å². The minimum absolute atomic E-state index is 0.114. The maximum atomic E-state index is 12.7. The van der Waals surface area contributed by atoms with Gasteiger partial charge in [-0.1, -0.05) is 44.2 Å². The molecule has 140 valence electrons. The number of carbonyl (C=O) groups is 1. The van der Waals surface area contributed by atoms with E-state index in [0.717, 1.165) is 18.8 Å². The predicted octanol–water partition coefficient (Wildman–Crippen LogP) is 4.36. The Balaban J connectivity index is 1.61. The normalized spacial score (nSPS) is 17.3. The van der Waals surface area contributed by atoms with Crippen LogP contribution in [0, 0.1) is 5.92 Å². The van der Waals surface area contributed by atoms with E-state index in [1.165, 1.54) is 18.4 Å². The topological polar surface area (TPSA) is 45.5 Å². The Morgan fingerprint density at radius 1 is 1.12 bits per heavy atom. The van der Waals surface area contributed by atoms with Crippen LogP contribution in [-0.4, -0.2) is 30.4 Å². The molecule has 0 saturated carbocycles. The Bertz CT molecular complexity index is 661. The molecule has 1 aliphatic rings. The van der Waals surface area contributed by atoms with Gasteiger partial charge in [0.15, 0.2) is 0 Å². The lowest BCUT2D eigenvalue weighted by Gasteiger charge is -2.27. The molecule has 1 aromatic heterocycles. The first-order valence-electron chi connectivity index (χ1n) is 9.74. The zero-order chi connectivity index (χ0) is 18.4. The van der Waals surface area contributed by atoms with Gasteiger partial charge in [-0.25, -0.2) is 0 Å². The number of furan rings is 1. The number of hydrogen-bond acceptors (Lipinski definition) is 3. The van der Waals surface area contributed by atoms with Crippen molar-refractivity contribution in [3.63, 3.8) is 0 Å². The summed E-state index contributed by atoms with van der Waals surface area (Å²) in [5, 5.41) is 3.16. The highest BCUT2D eigenvalue weighted by molar-refractivity contribution is 5.77. The molecule has 2 unspecified atom stereocenters. The number of benzene rings is 1. The van der Waals surface area contributed by atoms with Crippen LogP contribution in [0.25, 0.3) is 0 Å². The summed E-state index contributed by atoms with van der Waals surface area (Å²) in [6.07, 6.45) is 4.67. The summed E-state index contributed by atoms with van der Waals surface area (Å²) >= 11 is 0. The van der Waals surface area contributed by atoms with Crippen LogP contribution in [0.15, 0.2) is 53.1 Å². The van der Waals surface area contributed by atoms with E-state index in [9.17, 15) is 4.79 Å². The Hall–Kier alpha value is -2.07. The fourth-order valence-electron chi connectivity index (χ4n) is 3.86. The third-order valence-corrected chi connectivity index (χ3v) is 5.38. The van der Waals surface area contributed by atoms with Gasteiger partial charge >= 0.3 is 0 Å². The van der Waals surface area contributed by atoms with E-state index in [1.807, 2.05) is 30.3 Å². The summed E-state index contributed by atoms with van der Waals surface area (Å²) in [5.74, 6) is 1.71. The van der Waals surface area contributed by atoms with Crippen LogP contribution in [0.1, 0.15) is 56.4 Å². The van der Waals surface area contributed by atoms with Gasteiger partial charge in [-0.05, 0) is 55.5 Å². The molecule has 1 aliphatic heterocycles. The summed E-state index contributed by atoms with van der Waals surface area (Å²) in [7, 11) is 0. The number of rotatable bonds is 8. The van der Waals surface area contributed by atoms with Crippen LogP contribution >= 0.6 is 0 Å². The lowest BCUT2D eigenvalue weighted by atomic mass is 9.85. The number of nitrogens with one attached hydrogen (secondary N) is 1. The maximum absolute atomic E-state index is 12.7. The number of amides is 1. The first-order chi connectivity index (χ1) is 12.6. The second kappa shape index (κ2) is 9.04. The summed E-state index contributed by atoms with van der Waals surface area (Å²) in [5.41, 5.74) is 1.24. The third kappa shape index (κ3) is 4.76. The van der Waals surface area contributed by atoms with E-state index in [4.69, 9.17) is 4.42 Å². The lowest BCUT2D eigenvalue weighted by molar-refractivity contribution is -0.122. The van der Waals surface area contributed by atoms with Crippen LogP contribution < -0.4 is 5.32 Å². The maximum Gasteiger partial charge on any atom is 0.220 e. The van der Waals surface area contributed by atoms with Gasteiger partial charge in [0.1, 0.15) is 5.76 Å². The van der Waals surface area contributed by atoms with Gasteiger partial charge < -0.3 is 9.73 Å². The second-order valence-electron chi connectivity index (χ2n) is 7.54. The lowest BCUT2D eigenvalue weighted by Crippen LogP contribution is -2.37. The van der Waals surface area contributed by atoms with Gasteiger partial charge in [0.25, 0.3) is 0 Å². The van der Waals surface area contributed by atoms with Gasteiger partial charge in [-0.2, -0.15) is 0 Å². The van der Waals surface area contributed by atoms with E-state index >= 15 is 0 Å². The summed E-state index contributed by atoms with van der Waals surface area (Å²) < 4.78 is 5.64. The average Bonchev–Trinajstić information content (AvgIpc) is 3.35. The van der Waals surface area contributed by atoms with Crippen molar-refractivity contribution in [3.05, 3.63) is 60.1 Å². The first kappa shape index (κ1) is 18.7. The molecule has 0 aliphatic carbocycles. The van der Waals surface area contributed by atoms with E-state index in [1.54, 1.807) is 6.26 Å². The van der Waals surface area contributed by atoms with Crippen LogP contribution in [0.3, 0.4) is 0 Å². The Morgan fingerprint density at radius 3 is 2.46 bits per heavy atom. The van der Waals surface area contributed by atoms with E-state index in [-0.39, 0.29) is 17.9 Å². The molecule has 2 atom stereocenters. The highest BCUT2D eigenvalue weighted by Gasteiger charge is 2.26. The molecule has 26 heavy (non-hydrogen) atoms. The molecule has 0 radical (unpaired) electrons. The second-order valence-corrected chi connectivity index (χ2v) is 7.54. The average molecular weight is 354 g/mol. The Labute approximate surface area is 156 Å². The summed E-state index contributed by atoms with van der Waals surface area (Å²) in [6.45, 7) is 7.10. The third-order valence-electron chi connectivity index (χ3n) is 5.38. The smallest absolute Gasteiger partial charge is 0.220 e. The zero-order valence-electron chi connectivity index (χ0n) is 15.9. The molecule has 1 amide bonds. The van der Waals surface area contributed by atoms with Crippen molar-refractivity contribution < 1.29 is 9.21 Å². The minimum atomic E-state index is 0.114. The molecule has 0 bridgehead atoms. The van der Waals surface area contributed by atoms with Crippen molar-refractivity contribution in [2.75, 3.05) is 19.6 Å². The van der Waals surface area contributed by atoms with Crippen molar-refractivity contribution in [2.24, 2.45) is 5.92 Å². The number of carbonyl (C=O) groups excluding carboxylic acids is 1. The predicted molar refractivity (Wildman–Crippen MR) is 104 cm³/mol. The first-order valence-corrected chi connectivity index (χ1v) is 9.74. The van der Waals surface area contributed by atoms with Crippen LogP contribution in [-0.2, 0) is 4.79 Å². The molecule has 1 saturated heterocycles. The molecule has 3 rings (SSSR count). The Kier molecular flexibility index (Phi) is 6.51. The number of hydrogen-bond donors (Lipinski definition) is 1. The van der Waals surface area contributed by atoms with Crippen molar-refractivity contribution in [3.8, 4) is 0 Å². The fourth-order valence-corrected chi connectivity index (χ4v) is 3.86. The van der Waals surface area contributed by atoms with Crippen LogP contribution in [0.5, 0.6) is 0 Å². The molecule has 0 spiro atoms. The van der Waals surface area contributed by atoms with E-state index in [0.29, 0.717) is 18.9 Å². The molecule has 2 heterocycles. The fraction of sp³-hybridized carbons (Fsp3) is 0.500. The molecule has 2 aromatic rings. The van der Waals surface area contributed by atoms with Gasteiger partial charge in [0, 0.05) is 13.0 Å². The van der Waals surface area contributed by atoms with Crippen LogP contribution in [0.4, 0.5) is 0 Å². The molecule has 1 N–H and O–H groups in total. The zero-order valence-corrected chi connectivity index (χ0v) is 15.9. The van der Waals surface area contributed by atoms with Crippen molar-refractivity contribution in [1.82, 2.24) is 10.2 Å². The highest BCUT2D eigenvalue weighted by Crippen LogP contribution is 2.28. The highest BCUT2D eigenvalue weighted by atomic mass is 16.3. The number of likely N-dealkylation sites (tertiary alicyclic amines) is 1. The molecular formula is C22H30N2O2. The quantitative estimate of drug-likeness (QED) is 0.766. The van der Waals surface area contributed by atoms with Gasteiger partial charge in [-0.15, -0.1) is 0 Å². The van der Waals surface area contributed by atoms with Crippen molar-refractivity contribution in [1.29, 1.82) is 0 Å². The van der Waals surface area contributed by atoms with Crippen molar-refractivity contribution in [2.45, 2.75) is 45.1 Å². The van der Waals surface area contributed by atoms with Crippen LogP contribution in [0.2, 0.25) is 0 Å².